The van der Waals surface area contributed by atoms with Gasteiger partial charge in [0.15, 0.2) is 0 Å². The third-order valence-electron chi connectivity index (χ3n) is 3.81. The molecule has 114 valence electrons. The molecule has 0 radical (unpaired) electrons. The van der Waals surface area contributed by atoms with Gasteiger partial charge < -0.3 is 5.32 Å². The minimum Gasteiger partial charge on any atom is -0.381 e. The molecule has 1 unspecified atom stereocenters. The van der Waals surface area contributed by atoms with Crippen molar-refractivity contribution in [1.29, 1.82) is 0 Å². The predicted molar refractivity (Wildman–Crippen MR) is 93.2 cm³/mol. The van der Waals surface area contributed by atoms with E-state index in [1.807, 2.05) is 24.4 Å². The summed E-state index contributed by atoms with van der Waals surface area (Å²) in [6.07, 6.45) is 9.62. The van der Waals surface area contributed by atoms with Gasteiger partial charge in [-0.1, -0.05) is 56.7 Å². The summed E-state index contributed by atoms with van der Waals surface area (Å²) in [4.78, 5) is 4.47. The minimum atomic E-state index is 0.440. The molecule has 0 spiro atoms. The van der Waals surface area contributed by atoms with Gasteiger partial charge in [0.05, 0.1) is 11.2 Å². The molecule has 21 heavy (non-hydrogen) atoms. The van der Waals surface area contributed by atoms with Gasteiger partial charge >= 0.3 is 0 Å². The van der Waals surface area contributed by atoms with Crippen molar-refractivity contribution in [3.05, 3.63) is 35.5 Å². The molecule has 1 atom stereocenters. The molecule has 1 aromatic carbocycles. The summed E-state index contributed by atoms with van der Waals surface area (Å²) in [5.74, 6) is 0. The lowest BCUT2D eigenvalue weighted by atomic mass is 10.1. The van der Waals surface area contributed by atoms with Crippen LogP contribution in [0.5, 0.6) is 0 Å². The van der Waals surface area contributed by atoms with Gasteiger partial charge in [-0.25, -0.2) is 0 Å². The number of halogens is 1. The van der Waals surface area contributed by atoms with Crippen LogP contribution < -0.4 is 5.32 Å². The summed E-state index contributed by atoms with van der Waals surface area (Å²) in [5, 5.41) is 5.41. The average Bonchev–Trinajstić information content (AvgIpc) is 2.47. The van der Waals surface area contributed by atoms with Gasteiger partial charge in [0, 0.05) is 22.6 Å². The number of aromatic nitrogens is 1. The zero-order chi connectivity index (χ0) is 15.1. The molecule has 0 saturated carbocycles. The zero-order valence-corrected chi connectivity index (χ0v) is 13.8. The van der Waals surface area contributed by atoms with Gasteiger partial charge in [0.2, 0.25) is 0 Å². The van der Waals surface area contributed by atoms with Crippen LogP contribution in [0.3, 0.4) is 0 Å². The van der Waals surface area contributed by atoms with Gasteiger partial charge in [-0.3, -0.25) is 4.98 Å². The number of nitrogens with one attached hydrogen (secondary N) is 1. The maximum atomic E-state index is 6.20. The molecule has 1 heterocycles. The fourth-order valence-electron chi connectivity index (χ4n) is 2.66. The van der Waals surface area contributed by atoms with Crippen LogP contribution in [0.1, 0.15) is 52.4 Å². The van der Waals surface area contributed by atoms with Crippen LogP contribution >= 0.6 is 11.6 Å². The molecule has 3 heteroatoms. The van der Waals surface area contributed by atoms with Crippen LogP contribution in [-0.2, 0) is 0 Å². The van der Waals surface area contributed by atoms with Crippen molar-refractivity contribution in [2.45, 2.75) is 58.4 Å². The quantitative estimate of drug-likeness (QED) is 0.600. The van der Waals surface area contributed by atoms with Crippen molar-refractivity contribution in [2.24, 2.45) is 0 Å². The molecule has 0 aliphatic carbocycles. The van der Waals surface area contributed by atoms with Gasteiger partial charge in [-0.05, 0) is 31.5 Å². The first-order valence-corrected chi connectivity index (χ1v) is 8.39. The van der Waals surface area contributed by atoms with E-state index in [2.05, 4.69) is 30.2 Å². The van der Waals surface area contributed by atoms with E-state index in [4.69, 9.17) is 11.6 Å². The molecule has 0 fully saturated rings. The van der Waals surface area contributed by atoms with Crippen molar-refractivity contribution in [3.63, 3.8) is 0 Å². The van der Waals surface area contributed by atoms with Crippen molar-refractivity contribution in [3.8, 4) is 0 Å². The van der Waals surface area contributed by atoms with Crippen molar-refractivity contribution in [2.75, 3.05) is 5.32 Å². The Kier molecular flexibility index (Phi) is 6.31. The van der Waals surface area contributed by atoms with Gasteiger partial charge in [0.1, 0.15) is 0 Å². The highest BCUT2D eigenvalue weighted by Crippen LogP contribution is 2.27. The summed E-state index contributed by atoms with van der Waals surface area (Å²) in [6.45, 7) is 4.48. The average molecular weight is 305 g/mol. The Bertz CT molecular complexity index is 568. The van der Waals surface area contributed by atoms with E-state index in [1.165, 1.54) is 38.5 Å². The Morgan fingerprint density at radius 2 is 2.00 bits per heavy atom. The smallest absolute Gasteiger partial charge is 0.0934 e. The minimum absolute atomic E-state index is 0.440. The molecule has 0 aliphatic heterocycles. The van der Waals surface area contributed by atoms with Crippen LogP contribution in [0, 0.1) is 0 Å². The number of anilines is 1. The fraction of sp³-hybridized carbons (Fsp3) is 0.500. The number of unbranched alkanes of at least 4 members (excludes halogenated alkanes) is 4. The van der Waals surface area contributed by atoms with E-state index in [9.17, 15) is 0 Å². The molecule has 0 amide bonds. The summed E-state index contributed by atoms with van der Waals surface area (Å²) in [5.41, 5.74) is 2.04. The third-order valence-corrected chi connectivity index (χ3v) is 4.03. The second-order valence-electron chi connectivity index (χ2n) is 5.78. The zero-order valence-electron chi connectivity index (χ0n) is 13.0. The second kappa shape index (κ2) is 8.23. The standard InChI is InChI=1S/C18H25ClN2/c1-3-4-5-6-7-9-14(2)21-17-13-16(19)12-15-10-8-11-20-18(15)17/h8,10-14,21H,3-7,9H2,1-2H3. The maximum absolute atomic E-state index is 6.20. The maximum Gasteiger partial charge on any atom is 0.0934 e. The molecule has 2 nitrogen and oxygen atoms in total. The normalized spacial score (nSPS) is 12.5. The first-order chi connectivity index (χ1) is 10.2. The summed E-state index contributed by atoms with van der Waals surface area (Å²) in [6, 6.07) is 8.37. The number of pyridine rings is 1. The van der Waals surface area contributed by atoms with Crippen LogP contribution in [0.4, 0.5) is 5.69 Å². The van der Waals surface area contributed by atoms with Crippen LogP contribution in [-0.4, -0.2) is 11.0 Å². The molecule has 2 aromatic rings. The van der Waals surface area contributed by atoms with Crippen LogP contribution in [0.25, 0.3) is 10.9 Å². The first-order valence-electron chi connectivity index (χ1n) is 8.01. The first kappa shape index (κ1) is 16.1. The van der Waals surface area contributed by atoms with E-state index < -0.39 is 0 Å². The fourth-order valence-corrected chi connectivity index (χ4v) is 2.88. The molecule has 1 aromatic heterocycles. The SMILES string of the molecule is CCCCCCCC(C)Nc1cc(Cl)cc2cccnc12. The lowest BCUT2D eigenvalue weighted by molar-refractivity contribution is 0.578. The molecular formula is C18H25ClN2. The van der Waals surface area contributed by atoms with Gasteiger partial charge in [0.25, 0.3) is 0 Å². The highest BCUT2D eigenvalue weighted by molar-refractivity contribution is 6.31. The highest BCUT2D eigenvalue weighted by Gasteiger charge is 2.07. The number of rotatable bonds is 8. The van der Waals surface area contributed by atoms with E-state index in [-0.39, 0.29) is 0 Å². The van der Waals surface area contributed by atoms with Crippen LogP contribution in [0.2, 0.25) is 5.02 Å². The summed E-state index contributed by atoms with van der Waals surface area (Å²) < 4.78 is 0. The molecule has 0 aliphatic rings. The van der Waals surface area contributed by atoms with Crippen LogP contribution in [0.15, 0.2) is 30.5 Å². The number of hydrogen-bond donors (Lipinski definition) is 1. The summed E-state index contributed by atoms with van der Waals surface area (Å²) >= 11 is 6.20. The molecule has 1 N–H and O–H groups in total. The molecular weight excluding hydrogens is 280 g/mol. The Morgan fingerprint density at radius 1 is 1.19 bits per heavy atom. The Morgan fingerprint density at radius 3 is 2.81 bits per heavy atom. The van der Waals surface area contributed by atoms with Gasteiger partial charge in [-0.15, -0.1) is 0 Å². The van der Waals surface area contributed by atoms with Crippen molar-refractivity contribution >= 4 is 28.2 Å². The monoisotopic (exact) mass is 304 g/mol. The Hall–Kier alpha value is -1.28. The van der Waals surface area contributed by atoms with E-state index >= 15 is 0 Å². The van der Waals surface area contributed by atoms with E-state index in [0.29, 0.717) is 6.04 Å². The number of nitrogens with zero attached hydrogens (tertiary/aromatic N) is 1. The lowest BCUT2D eigenvalue weighted by Gasteiger charge is -2.17. The van der Waals surface area contributed by atoms with E-state index in [0.717, 1.165) is 21.6 Å². The van der Waals surface area contributed by atoms with Gasteiger partial charge in [-0.2, -0.15) is 0 Å². The Labute approximate surface area is 132 Å². The number of hydrogen-bond acceptors (Lipinski definition) is 2. The molecule has 0 bridgehead atoms. The number of benzene rings is 1. The molecule has 2 rings (SSSR count). The summed E-state index contributed by atoms with van der Waals surface area (Å²) in [7, 11) is 0. The highest BCUT2D eigenvalue weighted by atomic mass is 35.5. The molecule has 0 saturated heterocycles. The predicted octanol–water partition coefficient (Wildman–Crippen LogP) is 6.05. The van der Waals surface area contributed by atoms with Crippen molar-refractivity contribution < 1.29 is 0 Å². The third kappa shape index (κ3) is 4.89. The Balaban J connectivity index is 1.96. The number of fused-ring (bicyclic) bond motifs is 1. The lowest BCUT2D eigenvalue weighted by Crippen LogP contribution is -2.15. The largest absolute Gasteiger partial charge is 0.381 e. The topological polar surface area (TPSA) is 24.9 Å². The van der Waals surface area contributed by atoms with Crippen molar-refractivity contribution in [1.82, 2.24) is 4.98 Å². The van der Waals surface area contributed by atoms with E-state index in [1.54, 1.807) is 0 Å². The second-order valence-corrected chi connectivity index (χ2v) is 6.21.